The van der Waals surface area contributed by atoms with Crippen molar-refractivity contribution in [1.29, 1.82) is 0 Å². The molecule has 0 aliphatic carbocycles. The van der Waals surface area contributed by atoms with Crippen LogP contribution in [-0.2, 0) is 16.9 Å². The molecule has 2 atom stereocenters. The van der Waals surface area contributed by atoms with Crippen LogP contribution >= 0.6 is 0 Å². The fourth-order valence-corrected chi connectivity index (χ4v) is 2.23. The molecule has 0 aromatic heterocycles. The molecule has 1 heterocycles. The number of aliphatic hydroxyl groups is 2. The molecule has 1 fully saturated rings. The summed E-state index contributed by atoms with van der Waals surface area (Å²) in [6.07, 6.45) is 1.02. The Kier molecular flexibility index (Phi) is 3.28. The number of rotatable bonds is 2. The van der Waals surface area contributed by atoms with Gasteiger partial charge in [-0.05, 0) is 24.5 Å². The minimum Gasteiger partial charge on any atom is -0.393 e. The van der Waals surface area contributed by atoms with Gasteiger partial charge in [-0.1, -0.05) is 24.3 Å². The van der Waals surface area contributed by atoms with Crippen molar-refractivity contribution in [2.24, 2.45) is 0 Å². The lowest BCUT2D eigenvalue weighted by Gasteiger charge is -2.37. The van der Waals surface area contributed by atoms with E-state index in [1.165, 1.54) is 0 Å². The summed E-state index contributed by atoms with van der Waals surface area (Å²) in [5.41, 5.74) is 1.48. The van der Waals surface area contributed by atoms with Gasteiger partial charge in [-0.2, -0.15) is 0 Å². The first-order chi connectivity index (χ1) is 7.64. The van der Waals surface area contributed by atoms with Crippen LogP contribution in [0, 0.1) is 0 Å². The van der Waals surface area contributed by atoms with Gasteiger partial charge in [0, 0.05) is 6.42 Å². The Bertz CT molecular complexity index is 364. The number of hydrogen-bond acceptors (Lipinski definition) is 3. The average Bonchev–Trinajstić information content (AvgIpc) is 2.29. The van der Waals surface area contributed by atoms with E-state index in [0.29, 0.717) is 19.4 Å². The van der Waals surface area contributed by atoms with Crippen LogP contribution in [0.15, 0.2) is 24.3 Å². The van der Waals surface area contributed by atoms with Gasteiger partial charge < -0.3 is 14.9 Å². The van der Waals surface area contributed by atoms with E-state index in [9.17, 15) is 5.11 Å². The lowest BCUT2D eigenvalue weighted by atomic mass is 9.86. The van der Waals surface area contributed by atoms with Gasteiger partial charge in [0.05, 0.1) is 24.9 Å². The van der Waals surface area contributed by atoms with E-state index in [1.807, 2.05) is 31.2 Å². The summed E-state index contributed by atoms with van der Waals surface area (Å²) >= 11 is 0. The first-order valence-corrected chi connectivity index (χ1v) is 5.66. The van der Waals surface area contributed by atoms with Gasteiger partial charge in [0.2, 0.25) is 0 Å². The predicted octanol–water partition coefficient (Wildman–Crippen LogP) is 1.57. The van der Waals surface area contributed by atoms with Gasteiger partial charge in [0.1, 0.15) is 0 Å². The standard InChI is InChI=1S/C13H18O3/c1-13(8-12(15)5-6-16-13)11-4-2-3-10(7-11)9-14/h2-4,7,12,14-15H,5-6,8-9H2,1H3/t12-,13?/m0/s1. The van der Waals surface area contributed by atoms with Crippen LogP contribution in [0.2, 0.25) is 0 Å². The molecular formula is C13H18O3. The van der Waals surface area contributed by atoms with Crippen molar-refractivity contribution < 1.29 is 14.9 Å². The minimum atomic E-state index is -0.428. The molecule has 0 radical (unpaired) electrons. The highest BCUT2D eigenvalue weighted by atomic mass is 16.5. The maximum atomic E-state index is 9.70. The molecule has 1 saturated heterocycles. The lowest BCUT2D eigenvalue weighted by Crippen LogP contribution is -2.37. The second-order valence-corrected chi connectivity index (χ2v) is 4.58. The van der Waals surface area contributed by atoms with E-state index in [0.717, 1.165) is 11.1 Å². The lowest BCUT2D eigenvalue weighted by molar-refractivity contribution is -0.112. The number of aliphatic hydroxyl groups excluding tert-OH is 2. The SMILES string of the molecule is CC1(c2cccc(CO)c2)C[C@@H](O)CCO1. The number of hydrogen-bond donors (Lipinski definition) is 2. The Balaban J connectivity index is 2.27. The van der Waals surface area contributed by atoms with Crippen molar-refractivity contribution in [1.82, 2.24) is 0 Å². The second-order valence-electron chi connectivity index (χ2n) is 4.58. The van der Waals surface area contributed by atoms with E-state index in [4.69, 9.17) is 9.84 Å². The molecule has 1 aliphatic heterocycles. The molecule has 0 saturated carbocycles. The van der Waals surface area contributed by atoms with Crippen LogP contribution in [0.4, 0.5) is 0 Å². The van der Waals surface area contributed by atoms with E-state index in [-0.39, 0.29) is 12.7 Å². The van der Waals surface area contributed by atoms with E-state index in [1.54, 1.807) is 0 Å². The highest BCUT2D eigenvalue weighted by Gasteiger charge is 2.34. The molecule has 1 unspecified atom stereocenters. The van der Waals surface area contributed by atoms with E-state index < -0.39 is 5.60 Å². The molecule has 16 heavy (non-hydrogen) atoms. The van der Waals surface area contributed by atoms with Crippen molar-refractivity contribution in [2.45, 2.75) is 38.1 Å². The van der Waals surface area contributed by atoms with Gasteiger partial charge in [0.15, 0.2) is 0 Å². The summed E-state index contributed by atoms with van der Waals surface area (Å²) in [5.74, 6) is 0. The Labute approximate surface area is 95.7 Å². The predicted molar refractivity (Wildman–Crippen MR) is 60.9 cm³/mol. The maximum Gasteiger partial charge on any atom is 0.0928 e. The molecule has 0 spiro atoms. The second kappa shape index (κ2) is 4.53. The zero-order valence-electron chi connectivity index (χ0n) is 9.52. The van der Waals surface area contributed by atoms with Crippen LogP contribution in [0.1, 0.15) is 30.9 Å². The minimum absolute atomic E-state index is 0.0342. The normalized spacial score (nSPS) is 30.3. The summed E-state index contributed by atoms with van der Waals surface area (Å²) in [7, 11) is 0. The van der Waals surface area contributed by atoms with Crippen molar-refractivity contribution in [3.63, 3.8) is 0 Å². The van der Waals surface area contributed by atoms with Crippen LogP contribution in [-0.4, -0.2) is 22.9 Å². The van der Waals surface area contributed by atoms with Crippen LogP contribution in [0.25, 0.3) is 0 Å². The molecular weight excluding hydrogens is 204 g/mol. The molecule has 88 valence electrons. The molecule has 2 rings (SSSR count). The third-order valence-corrected chi connectivity index (χ3v) is 3.22. The zero-order chi connectivity index (χ0) is 11.6. The summed E-state index contributed by atoms with van der Waals surface area (Å²) in [6.45, 7) is 2.61. The third kappa shape index (κ3) is 2.26. The summed E-state index contributed by atoms with van der Waals surface area (Å²) < 4.78 is 5.78. The fourth-order valence-electron chi connectivity index (χ4n) is 2.23. The van der Waals surface area contributed by atoms with Crippen molar-refractivity contribution in [3.8, 4) is 0 Å². The molecule has 1 aromatic rings. The van der Waals surface area contributed by atoms with Crippen LogP contribution < -0.4 is 0 Å². The van der Waals surface area contributed by atoms with Gasteiger partial charge >= 0.3 is 0 Å². The van der Waals surface area contributed by atoms with Gasteiger partial charge in [-0.3, -0.25) is 0 Å². The van der Waals surface area contributed by atoms with E-state index >= 15 is 0 Å². The fraction of sp³-hybridized carbons (Fsp3) is 0.538. The average molecular weight is 222 g/mol. The van der Waals surface area contributed by atoms with Crippen LogP contribution in [0.5, 0.6) is 0 Å². The molecule has 3 heteroatoms. The quantitative estimate of drug-likeness (QED) is 0.798. The summed E-state index contributed by atoms with van der Waals surface area (Å²) in [6, 6.07) is 7.72. The summed E-state index contributed by atoms with van der Waals surface area (Å²) in [5, 5.41) is 18.8. The van der Waals surface area contributed by atoms with Crippen LogP contribution in [0.3, 0.4) is 0 Å². The van der Waals surface area contributed by atoms with Crippen molar-refractivity contribution >= 4 is 0 Å². The van der Waals surface area contributed by atoms with E-state index in [2.05, 4.69) is 0 Å². The largest absolute Gasteiger partial charge is 0.393 e. The van der Waals surface area contributed by atoms with Crippen molar-refractivity contribution in [3.05, 3.63) is 35.4 Å². The Hall–Kier alpha value is -0.900. The Morgan fingerprint density at radius 3 is 3.00 bits per heavy atom. The molecule has 0 bridgehead atoms. The van der Waals surface area contributed by atoms with Crippen molar-refractivity contribution in [2.75, 3.05) is 6.61 Å². The molecule has 3 nitrogen and oxygen atoms in total. The Morgan fingerprint density at radius 1 is 1.50 bits per heavy atom. The smallest absolute Gasteiger partial charge is 0.0928 e. The first-order valence-electron chi connectivity index (χ1n) is 5.66. The van der Waals surface area contributed by atoms with Gasteiger partial charge in [0.25, 0.3) is 0 Å². The highest BCUT2D eigenvalue weighted by molar-refractivity contribution is 5.28. The number of benzene rings is 1. The molecule has 0 amide bonds. The maximum absolute atomic E-state index is 9.70. The monoisotopic (exact) mass is 222 g/mol. The van der Waals surface area contributed by atoms with Gasteiger partial charge in [-0.25, -0.2) is 0 Å². The first kappa shape index (κ1) is 11.6. The third-order valence-electron chi connectivity index (χ3n) is 3.22. The van der Waals surface area contributed by atoms with Gasteiger partial charge in [-0.15, -0.1) is 0 Å². The summed E-state index contributed by atoms with van der Waals surface area (Å²) in [4.78, 5) is 0. The molecule has 1 aliphatic rings. The number of ether oxygens (including phenoxy) is 1. The highest BCUT2D eigenvalue weighted by Crippen LogP contribution is 2.35. The Morgan fingerprint density at radius 2 is 2.31 bits per heavy atom. The zero-order valence-corrected chi connectivity index (χ0v) is 9.52. The molecule has 2 N–H and O–H groups in total. The molecule has 1 aromatic carbocycles. The topological polar surface area (TPSA) is 49.7 Å².